The molecule has 2 nitrogen and oxygen atoms in total. The summed E-state index contributed by atoms with van der Waals surface area (Å²) in [5.41, 5.74) is -1.35. The number of carbonyl (C=O) groups excluding carboxylic acids is 1. The minimum Gasteiger partial charge on any atom is -0.469 e. The first-order valence-electron chi connectivity index (χ1n) is 3.91. The van der Waals surface area contributed by atoms with Gasteiger partial charge in [-0.3, -0.25) is 4.79 Å². The van der Waals surface area contributed by atoms with Crippen LogP contribution >= 0.6 is 0 Å². The summed E-state index contributed by atoms with van der Waals surface area (Å²) in [5.74, 6) is -0.315. The van der Waals surface area contributed by atoms with Crippen molar-refractivity contribution in [3.63, 3.8) is 0 Å². The zero-order valence-electron chi connectivity index (χ0n) is 6.77. The zero-order chi connectivity index (χ0) is 8.98. The minimum atomic E-state index is -2.27. The Labute approximate surface area is 68.9 Å². The van der Waals surface area contributed by atoms with E-state index in [0.717, 1.165) is 0 Å². The first-order chi connectivity index (χ1) is 5.55. The third-order valence-corrected chi connectivity index (χ3v) is 3.15. The highest BCUT2D eigenvalue weighted by Gasteiger charge is 2.75. The fourth-order valence-corrected chi connectivity index (χ4v) is 2.53. The summed E-state index contributed by atoms with van der Waals surface area (Å²) >= 11 is 0. The average molecular weight is 176 g/mol. The highest BCUT2D eigenvalue weighted by Crippen LogP contribution is 2.75. The van der Waals surface area contributed by atoms with E-state index in [2.05, 4.69) is 4.74 Å². The maximum Gasteiger partial charge on any atom is 0.311 e. The van der Waals surface area contributed by atoms with Crippen LogP contribution in [0, 0.1) is 10.8 Å². The fraction of sp³-hybridized carbons (Fsp3) is 0.875. The lowest BCUT2D eigenvalue weighted by Crippen LogP contribution is -2.68. The van der Waals surface area contributed by atoms with Crippen molar-refractivity contribution in [2.24, 2.45) is 10.8 Å². The van der Waals surface area contributed by atoms with Crippen LogP contribution in [0.3, 0.4) is 0 Å². The maximum absolute atomic E-state index is 12.3. The molecule has 0 aromatic heterocycles. The van der Waals surface area contributed by atoms with Crippen LogP contribution in [0.4, 0.5) is 8.78 Å². The van der Waals surface area contributed by atoms with E-state index in [1.54, 1.807) is 0 Å². The van der Waals surface area contributed by atoms with Gasteiger partial charge >= 0.3 is 5.97 Å². The number of carbonyl (C=O) groups is 1. The summed E-state index contributed by atoms with van der Waals surface area (Å²) in [4.78, 5) is 11.1. The number of esters is 1. The van der Waals surface area contributed by atoms with Gasteiger partial charge in [-0.2, -0.15) is 0 Å². The number of alkyl halides is 2. The molecule has 0 heterocycles. The first-order valence-corrected chi connectivity index (χ1v) is 3.91. The lowest BCUT2D eigenvalue weighted by atomic mass is 9.35. The van der Waals surface area contributed by atoms with Crippen LogP contribution in [0.2, 0.25) is 0 Å². The van der Waals surface area contributed by atoms with E-state index >= 15 is 0 Å². The SMILES string of the molecule is COC(=O)C12CC(C(F)F)(C1)C2. The number of rotatable bonds is 2. The molecule has 0 aromatic carbocycles. The molecule has 0 aromatic rings. The average Bonchev–Trinajstić information content (AvgIpc) is 1.80. The van der Waals surface area contributed by atoms with Crippen LogP contribution in [0.5, 0.6) is 0 Å². The molecule has 0 unspecified atom stereocenters. The van der Waals surface area contributed by atoms with Crippen LogP contribution < -0.4 is 0 Å². The van der Waals surface area contributed by atoms with Crippen LogP contribution in [-0.2, 0) is 9.53 Å². The number of hydrogen-bond acceptors (Lipinski definition) is 2. The number of halogens is 2. The topological polar surface area (TPSA) is 26.3 Å². The van der Waals surface area contributed by atoms with Gasteiger partial charge in [-0.15, -0.1) is 0 Å². The van der Waals surface area contributed by atoms with Gasteiger partial charge in [0.15, 0.2) is 0 Å². The Bertz CT molecular complexity index is 217. The van der Waals surface area contributed by atoms with Gasteiger partial charge in [0.25, 0.3) is 0 Å². The van der Waals surface area contributed by atoms with Crippen LogP contribution in [0.25, 0.3) is 0 Å². The van der Waals surface area contributed by atoms with Crippen LogP contribution in [0.1, 0.15) is 19.3 Å². The third-order valence-electron chi connectivity index (χ3n) is 3.15. The van der Waals surface area contributed by atoms with Crippen molar-refractivity contribution in [1.82, 2.24) is 0 Å². The maximum atomic E-state index is 12.3. The van der Waals surface area contributed by atoms with Gasteiger partial charge in [-0.25, -0.2) is 8.78 Å². The Morgan fingerprint density at radius 1 is 1.42 bits per heavy atom. The molecule has 3 saturated carbocycles. The van der Waals surface area contributed by atoms with Gasteiger partial charge in [0.2, 0.25) is 6.43 Å². The molecule has 0 spiro atoms. The second kappa shape index (κ2) is 1.98. The predicted octanol–water partition coefficient (Wildman–Crippen LogP) is 1.59. The lowest BCUT2D eigenvalue weighted by Gasteiger charge is -2.67. The molecule has 3 aliphatic carbocycles. The summed E-state index contributed by atoms with van der Waals surface area (Å²) in [7, 11) is 1.30. The normalized spacial score (nSPS) is 43.3. The molecule has 3 fully saturated rings. The van der Waals surface area contributed by atoms with Crippen molar-refractivity contribution >= 4 is 5.97 Å². The molecule has 0 saturated heterocycles. The van der Waals surface area contributed by atoms with E-state index < -0.39 is 17.3 Å². The number of ether oxygens (including phenoxy) is 1. The molecule has 3 aliphatic rings. The highest BCUT2D eigenvalue weighted by atomic mass is 19.3. The molecule has 0 amide bonds. The minimum absolute atomic E-state index is 0.315. The zero-order valence-corrected chi connectivity index (χ0v) is 6.77. The Morgan fingerprint density at radius 2 is 1.92 bits per heavy atom. The molecule has 3 rings (SSSR count). The van der Waals surface area contributed by atoms with Gasteiger partial charge in [-0.05, 0) is 19.3 Å². The number of methoxy groups -OCH3 is 1. The van der Waals surface area contributed by atoms with Gasteiger partial charge in [0, 0.05) is 5.41 Å². The Kier molecular flexibility index (Phi) is 1.31. The Hall–Kier alpha value is -0.670. The van der Waals surface area contributed by atoms with E-state index in [1.165, 1.54) is 7.11 Å². The van der Waals surface area contributed by atoms with Gasteiger partial charge in [-0.1, -0.05) is 0 Å². The highest BCUT2D eigenvalue weighted by molar-refractivity contribution is 5.81. The van der Waals surface area contributed by atoms with Crippen molar-refractivity contribution in [2.75, 3.05) is 7.11 Å². The Balaban J connectivity index is 2.00. The summed E-state index contributed by atoms with van der Waals surface area (Å²) < 4.78 is 29.1. The monoisotopic (exact) mass is 176 g/mol. The van der Waals surface area contributed by atoms with E-state index in [0.29, 0.717) is 19.3 Å². The smallest absolute Gasteiger partial charge is 0.311 e. The molecule has 0 N–H and O–H groups in total. The van der Waals surface area contributed by atoms with Crippen molar-refractivity contribution in [3.8, 4) is 0 Å². The van der Waals surface area contributed by atoms with E-state index in [1.807, 2.05) is 0 Å². The third kappa shape index (κ3) is 0.660. The second-order valence-electron chi connectivity index (χ2n) is 3.97. The molecule has 2 bridgehead atoms. The van der Waals surface area contributed by atoms with Crippen LogP contribution in [0.15, 0.2) is 0 Å². The summed E-state index contributed by atoms with van der Waals surface area (Å²) in [6.07, 6.45) is -1.30. The molecule has 0 atom stereocenters. The predicted molar refractivity (Wildman–Crippen MR) is 36.7 cm³/mol. The standard InChI is InChI=1S/C8H10F2O2/c1-12-6(11)8-2-7(3-8,4-8)5(9)10/h5H,2-4H2,1H3. The largest absolute Gasteiger partial charge is 0.469 e. The van der Waals surface area contributed by atoms with Crippen molar-refractivity contribution in [1.29, 1.82) is 0 Å². The van der Waals surface area contributed by atoms with Crippen molar-refractivity contribution in [2.45, 2.75) is 25.7 Å². The van der Waals surface area contributed by atoms with E-state index in [4.69, 9.17) is 0 Å². The van der Waals surface area contributed by atoms with E-state index in [-0.39, 0.29) is 5.97 Å². The molecule has 0 radical (unpaired) electrons. The summed E-state index contributed by atoms with van der Waals surface area (Å²) in [6.45, 7) is 0. The second-order valence-corrected chi connectivity index (χ2v) is 3.97. The van der Waals surface area contributed by atoms with Crippen molar-refractivity contribution in [3.05, 3.63) is 0 Å². The first kappa shape index (κ1) is 7.95. The molecular weight excluding hydrogens is 166 g/mol. The summed E-state index contributed by atoms with van der Waals surface area (Å²) in [5, 5.41) is 0. The molecule has 0 aliphatic heterocycles. The van der Waals surface area contributed by atoms with Crippen LogP contribution in [-0.4, -0.2) is 19.5 Å². The molecule has 12 heavy (non-hydrogen) atoms. The fourth-order valence-electron chi connectivity index (χ4n) is 2.53. The van der Waals surface area contributed by atoms with Gasteiger partial charge in [0.05, 0.1) is 12.5 Å². The quantitative estimate of drug-likeness (QED) is 0.597. The molecule has 4 heteroatoms. The molecular formula is C8H10F2O2. The van der Waals surface area contributed by atoms with Gasteiger partial charge in [0.1, 0.15) is 0 Å². The molecule has 68 valence electrons. The lowest BCUT2D eigenvalue weighted by molar-refractivity contribution is -0.267. The Morgan fingerprint density at radius 3 is 2.25 bits per heavy atom. The number of hydrogen-bond donors (Lipinski definition) is 0. The van der Waals surface area contributed by atoms with Crippen molar-refractivity contribution < 1.29 is 18.3 Å². The summed E-state index contributed by atoms with van der Waals surface area (Å²) in [6, 6.07) is 0. The van der Waals surface area contributed by atoms with Gasteiger partial charge < -0.3 is 4.74 Å². The van der Waals surface area contributed by atoms with E-state index in [9.17, 15) is 13.6 Å².